The van der Waals surface area contributed by atoms with Crippen LogP contribution in [0, 0.1) is 5.92 Å². The summed E-state index contributed by atoms with van der Waals surface area (Å²) in [5, 5.41) is 3.73. The predicted molar refractivity (Wildman–Crippen MR) is 32.8 cm³/mol. The molecule has 0 bridgehead atoms. The largest absolute Gasteiger partial charge is 0.396 e. The molecule has 0 aliphatic heterocycles. The molecule has 1 aliphatic carbocycles. The molecule has 0 heterocycles. The van der Waals surface area contributed by atoms with Gasteiger partial charge in [-0.15, -0.1) is 0 Å². The van der Waals surface area contributed by atoms with Gasteiger partial charge in [0.15, 0.2) is 0 Å². The molecule has 1 aliphatic rings. The molecule has 2 heteroatoms. The highest BCUT2D eigenvalue weighted by Crippen LogP contribution is 2.26. The third-order valence-electron chi connectivity index (χ3n) is 1.10. The van der Waals surface area contributed by atoms with Gasteiger partial charge in [0.25, 0.3) is 0 Å². The van der Waals surface area contributed by atoms with E-state index in [1.54, 1.807) is 0 Å². The van der Waals surface area contributed by atoms with E-state index in [1.807, 2.05) is 13.1 Å². The predicted octanol–water partition coefficient (Wildman–Crippen LogP) is 1.42. The Labute approximate surface area is 49.5 Å². The molecule has 0 aromatic heterocycles. The molecule has 0 atom stereocenters. The Morgan fingerprint density at radius 3 is 3.00 bits per heavy atom. The van der Waals surface area contributed by atoms with Crippen LogP contribution in [0.4, 0.5) is 0 Å². The first-order chi connectivity index (χ1) is 3.93. The van der Waals surface area contributed by atoms with E-state index in [4.69, 9.17) is 4.84 Å². The van der Waals surface area contributed by atoms with Gasteiger partial charge in [0.2, 0.25) is 0 Å². The molecule has 0 saturated heterocycles. The second kappa shape index (κ2) is 2.70. The SMILES string of the molecule is CCON=CC1CC1. The molecule has 46 valence electrons. The average Bonchev–Trinajstić information content (AvgIpc) is 2.51. The maximum absolute atomic E-state index is 4.75. The van der Waals surface area contributed by atoms with Crippen LogP contribution in [-0.4, -0.2) is 12.8 Å². The highest BCUT2D eigenvalue weighted by atomic mass is 16.6. The second-order valence-corrected chi connectivity index (χ2v) is 2.01. The minimum atomic E-state index is 0.684. The fraction of sp³-hybridized carbons (Fsp3) is 0.833. The first kappa shape index (κ1) is 5.60. The van der Waals surface area contributed by atoms with Crippen LogP contribution in [0.2, 0.25) is 0 Å². The molecule has 1 rings (SSSR count). The van der Waals surface area contributed by atoms with E-state index in [9.17, 15) is 0 Å². The van der Waals surface area contributed by atoms with E-state index in [0.29, 0.717) is 6.61 Å². The van der Waals surface area contributed by atoms with Crippen molar-refractivity contribution in [2.24, 2.45) is 11.1 Å². The highest BCUT2D eigenvalue weighted by molar-refractivity contribution is 5.62. The van der Waals surface area contributed by atoms with Gasteiger partial charge in [-0.05, 0) is 25.7 Å². The van der Waals surface area contributed by atoms with Crippen LogP contribution < -0.4 is 0 Å². The fourth-order valence-corrected chi connectivity index (χ4v) is 0.449. The zero-order valence-electron chi connectivity index (χ0n) is 5.13. The maximum Gasteiger partial charge on any atom is 0.114 e. The van der Waals surface area contributed by atoms with Crippen molar-refractivity contribution in [3.8, 4) is 0 Å². The summed E-state index contributed by atoms with van der Waals surface area (Å²) >= 11 is 0. The Kier molecular flexibility index (Phi) is 1.89. The highest BCUT2D eigenvalue weighted by Gasteiger charge is 2.18. The van der Waals surface area contributed by atoms with Crippen LogP contribution in [0.1, 0.15) is 19.8 Å². The molecule has 0 aromatic carbocycles. The van der Waals surface area contributed by atoms with Crippen LogP contribution in [0.3, 0.4) is 0 Å². The molecule has 0 amide bonds. The molecule has 1 fully saturated rings. The average molecular weight is 113 g/mol. The van der Waals surface area contributed by atoms with Crippen LogP contribution in [0.25, 0.3) is 0 Å². The van der Waals surface area contributed by atoms with Gasteiger partial charge in [-0.3, -0.25) is 0 Å². The Morgan fingerprint density at radius 2 is 2.50 bits per heavy atom. The fourth-order valence-electron chi connectivity index (χ4n) is 0.449. The van der Waals surface area contributed by atoms with Gasteiger partial charge >= 0.3 is 0 Å². The summed E-state index contributed by atoms with van der Waals surface area (Å²) in [6.07, 6.45) is 4.50. The van der Waals surface area contributed by atoms with Crippen molar-refractivity contribution in [2.45, 2.75) is 19.8 Å². The summed E-state index contributed by atoms with van der Waals surface area (Å²) in [4.78, 5) is 4.75. The van der Waals surface area contributed by atoms with Crippen molar-refractivity contribution in [3.63, 3.8) is 0 Å². The van der Waals surface area contributed by atoms with Crippen molar-refractivity contribution >= 4 is 6.21 Å². The third kappa shape index (κ3) is 1.96. The lowest BCUT2D eigenvalue weighted by Crippen LogP contribution is -1.81. The summed E-state index contributed by atoms with van der Waals surface area (Å²) in [6, 6.07) is 0. The van der Waals surface area contributed by atoms with Gasteiger partial charge in [-0.1, -0.05) is 5.16 Å². The zero-order valence-corrected chi connectivity index (χ0v) is 5.13. The van der Waals surface area contributed by atoms with Crippen molar-refractivity contribution < 1.29 is 4.84 Å². The Bertz CT molecular complexity index is 86.5. The number of rotatable bonds is 3. The van der Waals surface area contributed by atoms with Crippen molar-refractivity contribution in [2.75, 3.05) is 6.61 Å². The lowest BCUT2D eigenvalue weighted by Gasteiger charge is -1.87. The van der Waals surface area contributed by atoms with Crippen molar-refractivity contribution in [3.05, 3.63) is 0 Å². The number of oxime groups is 1. The van der Waals surface area contributed by atoms with Crippen LogP contribution >= 0.6 is 0 Å². The van der Waals surface area contributed by atoms with E-state index in [0.717, 1.165) is 5.92 Å². The standard InChI is InChI=1S/C6H11NO/c1-2-8-7-5-6-3-4-6/h5-6H,2-4H2,1H3. The van der Waals surface area contributed by atoms with Crippen LogP contribution in [-0.2, 0) is 4.84 Å². The molecule has 0 aromatic rings. The zero-order chi connectivity index (χ0) is 5.82. The Hall–Kier alpha value is -0.530. The van der Waals surface area contributed by atoms with Gasteiger partial charge in [0.1, 0.15) is 6.61 Å². The van der Waals surface area contributed by atoms with Crippen LogP contribution in [0.15, 0.2) is 5.16 Å². The first-order valence-electron chi connectivity index (χ1n) is 3.09. The number of hydrogen-bond donors (Lipinski definition) is 0. The minimum Gasteiger partial charge on any atom is -0.396 e. The summed E-state index contributed by atoms with van der Waals surface area (Å²) < 4.78 is 0. The summed E-state index contributed by atoms with van der Waals surface area (Å²) in [7, 11) is 0. The van der Waals surface area contributed by atoms with Crippen molar-refractivity contribution in [1.29, 1.82) is 0 Å². The van der Waals surface area contributed by atoms with E-state index >= 15 is 0 Å². The second-order valence-electron chi connectivity index (χ2n) is 2.01. The number of nitrogens with zero attached hydrogens (tertiary/aromatic N) is 1. The topological polar surface area (TPSA) is 21.6 Å². The summed E-state index contributed by atoms with van der Waals surface area (Å²) in [5.74, 6) is 0.738. The van der Waals surface area contributed by atoms with E-state index < -0.39 is 0 Å². The molecule has 0 radical (unpaired) electrons. The molecule has 8 heavy (non-hydrogen) atoms. The maximum atomic E-state index is 4.75. The Balaban J connectivity index is 1.96. The molecule has 0 N–H and O–H groups in total. The molecular formula is C6H11NO. The van der Waals surface area contributed by atoms with Crippen LogP contribution in [0.5, 0.6) is 0 Å². The molecule has 0 unspecified atom stereocenters. The molecule has 1 saturated carbocycles. The van der Waals surface area contributed by atoms with Crippen molar-refractivity contribution in [1.82, 2.24) is 0 Å². The van der Waals surface area contributed by atoms with Gasteiger partial charge < -0.3 is 4.84 Å². The molecule has 2 nitrogen and oxygen atoms in total. The monoisotopic (exact) mass is 113 g/mol. The normalized spacial score (nSPS) is 19.6. The summed E-state index contributed by atoms with van der Waals surface area (Å²) in [5.41, 5.74) is 0. The lowest BCUT2D eigenvalue weighted by atomic mass is 10.5. The van der Waals surface area contributed by atoms with Gasteiger partial charge in [0, 0.05) is 6.21 Å². The molecule has 0 spiro atoms. The smallest absolute Gasteiger partial charge is 0.114 e. The third-order valence-corrected chi connectivity index (χ3v) is 1.10. The van der Waals surface area contributed by atoms with Gasteiger partial charge in [-0.25, -0.2) is 0 Å². The lowest BCUT2D eigenvalue weighted by molar-refractivity contribution is 0.159. The first-order valence-corrected chi connectivity index (χ1v) is 3.09. The van der Waals surface area contributed by atoms with E-state index in [2.05, 4.69) is 5.16 Å². The minimum absolute atomic E-state index is 0.684. The van der Waals surface area contributed by atoms with Gasteiger partial charge in [0.05, 0.1) is 0 Å². The molecular weight excluding hydrogens is 102 g/mol. The van der Waals surface area contributed by atoms with E-state index in [-0.39, 0.29) is 0 Å². The number of hydrogen-bond acceptors (Lipinski definition) is 2. The Morgan fingerprint density at radius 1 is 1.75 bits per heavy atom. The van der Waals surface area contributed by atoms with Gasteiger partial charge in [-0.2, -0.15) is 0 Å². The quantitative estimate of drug-likeness (QED) is 0.400. The van der Waals surface area contributed by atoms with E-state index in [1.165, 1.54) is 12.8 Å². The summed E-state index contributed by atoms with van der Waals surface area (Å²) in [6.45, 7) is 2.62.